The number of amidine groups is 1. The number of hydrogen-bond donors (Lipinski definition) is 1. The van der Waals surface area contributed by atoms with E-state index in [-0.39, 0.29) is 24.4 Å². The lowest BCUT2D eigenvalue weighted by atomic mass is 10.1. The molecule has 28 heavy (non-hydrogen) atoms. The van der Waals surface area contributed by atoms with E-state index < -0.39 is 0 Å². The molecule has 0 spiro atoms. The van der Waals surface area contributed by atoms with Gasteiger partial charge in [0.25, 0.3) is 0 Å². The zero-order valence-electron chi connectivity index (χ0n) is 16.1. The van der Waals surface area contributed by atoms with E-state index in [1.165, 1.54) is 0 Å². The molecule has 150 valence electrons. The van der Waals surface area contributed by atoms with Crippen LogP contribution in [0.5, 0.6) is 11.5 Å². The molecule has 0 radical (unpaired) electrons. The average Bonchev–Trinajstić information content (AvgIpc) is 3.07. The number of likely N-dealkylation sites (tertiary alicyclic amines) is 1. The van der Waals surface area contributed by atoms with Crippen molar-refractivity contribution in [2.24, 2.45) is 10.7 Å². The van der Waals surface area contributed by atoms with E-state index in [0.717, 1.165) is 22.6 Å². The number of nitrogens with two attached hydrogens (primary N) is 1. The monoisotopic (exact) mass is 403 g/mol. The van der Waals surface area contributed by atoms with Crippen molar-refractivity contribution in [3.05, 3.63) is 59.7 Å². The number of methoxy groups -OCH3 is 2. The fourth-order valence-corrected chi connectivity index (χ4v) is 3.19. The van der Waals surface area contributed by atoms with Crippen molar-refractivity contribution in [1.29, 1.82) is 0 Å². The number of ether oxygens (including phenoxy) is 2. The van der Waals surface area contributed by atoms with Crippen LogP contribution < -0.4 is 15.2 Å². The fourth-order valence-electron chi connectivity index (χ4n) is 3.19. The van der Waals surface area contributed by atoms with Gasteiger partial charge in [-0.2, -0.15) is 0 Å². The molecule has 1 aliphatic heterocycles. The van der Waals surface area contributed by atoms with Gasteiger partial charge in [0.2, 0.25) is 5.91 Å². The number of nitrogens with zero attached hydrogens (tertiary/aromatic N) is 2. The Labute approximate surface area is 171 Å². The Morgan fingerprint density at radius 2 is 1.57 bits per heavy atom. The number of benzene rings is 2. The first-order valence-electron chi connectivity index (χ1n) is 8.96. The Morgan fingerprint density at radius 3 is 2.11 bits per heavy atom. The molecule has 6 nitrogen and oxygen atoms in total. The Morgan fingerprint density at radius 1 is 1.04 bits per heavy atom. The van der Waals surface area contributed by atoms with E-state index in [0.29, 0.717) is 31.8 Å². The maximum absolute atomic E-state index is 12.3. The van der Waals surface area contributed by atoms with Gasteiger partial charge < -0.3 is 20.1 Å². The standard InChI is InChI=1S/C21H25N3O3.ClH/c1-26-17-7-3-15(4-8-17)13-23-21(22)19-11-12-20(25)24(19)14-16-5-9-18(27-2)10-6-16;/h3-10,19H,11-14H2,1-2H3,(H2,22,23);1H/t19-;/m0./s1. The second-order valence-electron chi connectivity index (χ2n) is 6.51. The normalized spacial score (nSPS) is 16.6. The smallest absolute Gasteiger partial charge is 0.223 e. The highest BCUT2D eigenvalue weighted by atomic mass is 35.5. The van der Waals surface area contributed by atoms with Crippen LogP contribution in [0.25, 0.3) is 0 Å². The molecule has 0 aromatic heterocycles. The van der Waals surface area contributed by atoms with Crippen LogP contribution in [0.3, 0.4) is 0 Å². The van der Waals surface area contributed by atoms with Crippen molar-refractivity contribution >= 4 is 24.1 Å². The second kappa shape index (κ2) is 9.99. The van der Waals surface area contributed by atoms with Crippen molar-refractivity contribution in [3.8, 4) is 11.5 Å². The summed E-state index contributed by atoms with van der Waals surface area (Å²) in [4.78, 5) is 18.7. The van der Waals surface area contributed by atoms with Crippen molar-refractivity contribution in [2.75, 3.05) is 14.2 Å². The number of halogens is 1. The molecule has 0 bridgehead atoms. The van der Waals surface area contributed by atoms with E-state index >= 15 is 0 Å². The number of aliphatic imine (C=N–C) groups is 1. The van der Waals surface area contributed by atoms with Crippen LogP contribution >= 0.6 is 12.4 Å². The van der Waals surface area contributed by atoms with Crippen LogP contribution in [0.15, 0.2) is 53.5 Å². The SMILES string of the molecule is COc1ccc(CN=C(N)[C@@H]2CCC(=O)N2Cc2ccc(OC)cc2)cc1.Cl. The fraction of sp³-hybridized carbons (Fsp3) is 0.333. The first-order valence-corrected chi connectivity index (χ1v) is 8.96. The third kappa shape index (κ3) is 5.16. The van der Waals surface area contributed by atoms with Crippen molar-refractivity contribution < 1.29 is 14.3 Å². The first-order chi connectivity index (χ1) is 13.1. The molecule has 3 rings (SSSR count). The van der Waals surface area contributed by atoms with E-state index in [1.807, 2.05) is 53.4 Å². The van der Waals surface area contributed by atoms with Gasteiger partial charge in [-0.05, 0) is 41.8 Å². The summed E-state index contributed by atoms with van der Waals surface area (Å²) in [6.07, 6.45) is 1.20. The summed E-state index contributed by atoms with van der Waals surface area (Å²) >= 11 is 0. The molecule has 1 amide bonds. The van der Waals surface area contributed by atoms with Crippen molar-refractivity contribution in [1.82, 2.24) is 4.90 Å². The Hall–Kier alpha value is -2.73. The zero-order chi connectivity index (χ0) is 19.2. The van der Waals surface area contributed by atoms with Crippen LogP contribution in [0, 0.1) is 0 Å². The molecule has 7 heteroatoms. The molecule has 1 fully saturated rings. The number of amides is 1. The summed E-state index contributed by atoms with van der Waals surface area (Å²) in [5, 5.41) is 0. The van der Waals surface area contributed by atoms with E-state index in [1.54, 1.807) is 14.2 Å². The van der Waals surface area contributed by atoms with E-state index in [2.05, 4.69) is 4.99 Å². The highest BCUT2D eigenvalue weighted by Crippen LogP contribution is 2.23. The predicted molar refractivity (Wildman–Crippen MR) is 112 cm³/mol. The maximum atomic E-state index is 12.3. The second-order valence-corrected chi connectivity index (χ2v) is 6.51. The molecular formula is C21H26ClN3O3. The van der Waals surface area contributed by atoms with Crippen LogP contribution in [-0.4, -0.2) is 36.9 Å². The van der Waals surface area contributed by atoms with Gasteiger partial charge in [-0.25, -0.2) is 0 Å². The average molecular weight is 404 g/mol. The minimum absolute atomic E-state index is 0. The van der Waals surface area contributed by atoms with Gasteiger partial charge in [0, 0.05) is 13.0 Å². The molecule has 0 aliphatic carbocycles. The Balaban J connectivity index is 0.00000280. The molecule has 1 aliphatic rings. The largest absolute Gasteiger partial charge is 0.497 e. The zero-order valence-corrected chi connectivity index (χ0v) is 16.9. The van der Waals surface area contributed by atoms with Gasteiger partial charge in [0.1, 0.15) is 17.3 Å². The van der Waals surface area contributed by atoms with E-state index in [9.17, 15) is 4.79 Å². The molecule has 2 aromatic carbocycles. The molecule has 2 aromatic rings. The predicted octanol–water partition coefficient (Wildman–Crippen LogP) is 3.17. The molecule has 1 atom stereocenters. The van der Waals surface area contributed by atoms with Gasteiger partial charge in [-0.3, -0.25) is 9.79 Å². The molecular weight excluding hydrogens is 378 g/mol. The summed E-state index contributed by atoms with van der Waals surface area (Å²) in [5.41, 5.74) is 8.33. The summed E-state index contributed by atoms with van der Waals surface area (Å²) in [7, 11) is 3.27. The minimum Gasteiger partial charge on any atom is -0.497 e. The lowest BCUT2D eigenvalue weighted by molar-refractivity contribution is -0.128. The highest BCUT2D eigenvalue weighted by molar-refractivity contribution is 5.93. The summed E-state index contributed by atoms with van der Waals surface area (Å²) < 4.78 is 10.3. The summed E-state index contributed by atoms with van der Waals surface area (Å²) in [6, 6.07) is 15.3. The van der Waals surface area contributed by atoms with Gasteiger partial charge in [-0.15, -0.1) is 12.4 Å². The number of carbonyl (C=O) groups excluding carboxylic acids is 1. The van der Waals surface area contributed by atoms with Crippen molar-refractivity contribution in [3.63, 3.8) is 0 Å². The molecule has 1 heterocycles. The lowest BCUT2D eigenvalue weighted by Crippen LogP contribution is -2.42. The van der Waals surface area contributed by atoms with Gasteiger partial charge in [0.15, 0.2) is 0 Å². The third-order valence-electron chi connectivity index (χ3n) is 4.78. The molecule has 1 saturated heterocycles. The van der Waals surface area contributed by atoms with Crippen molar-refractivity contribution in [2.45, 2.75) is 32.0 Å². The summed E-state index contributed by atoms with van der Waals surface area (Å²) in [5.74, 6) is 2.22. The van der Waals surface area contributed by atoms with Gasteiger partial charge in [0.05, 0.1) is 26.8 Å². The molecule has 0 saturated carbocycles. The number of hydrogen-bond acceptors (Lipinski definition) is 4. The number of rotatable bonds is 7. The minimum atomic E-state index is -0.155. The Kier molecular flexibility index (Phi) is 7.70. The lowest BCUT2D eigenvalue weighted by Gasteiger charge is -2.24. The van der Waals surface area contributed by atoms with Crippen LogP contribution in [0.2, 0.25) is 0 Å². The van der Waals surface area contributed by atoms with Crippen LogP contribution in [0.4, 0.5) is 0 Å². The first kappa shape index (κ1) is 21.6. The van der Waals surface area contributed by atoms with Crippen LogP contribution in [0.1, 0.15) is 24.0 Å². The highest BCUT2D eigenvalue weighted by Gasteiger charge is 2.33. The van der Waals surface area contributed by atoms with Crippen LogP contribution in [-0.2, 0) is 17.9 Å². The Bertz CT molecular complexity index is 807. The number of carbonyl (C=O) groups is 1. The topological polar surface area (TPSA) is 77.2 Å². The quantitative estimate of drug-likeness (QED) is 0.569. The third-order valence-corrected chi connectivity index (χ3v) is 4.78. The van der Waals surface area contributed by atoms with Gasteiger partial charge >= 0.3 is 0 Å². The molecule has 2 N–H and O–H groups in total. The van der Waals surface area contributed by atoms with Gasteiger partial charge in [-0.1, -0.05) is 24.3 Å². The van der Waals surface area contributed by atoms with E-state index in [4.69, 9.17) is 15.2 Å². The molecule has 0 unspecified atom stereocenters. The maximum Gasteiger partial charge on any atom is 0.223 e. The summed E-state index contributed by atoms with van der Waals surface area (Å²) in [6.45, 7) is 1.00.